The van der Waals surface area contributed by atoms with Crippen LogP contribution in [0, 0.1) is 6.92 Å². The highest BCUT2D eigenvalue weighted by Crippen LogP contribution is 2.39. The van der Waals surface area contributed by atoms with Gasteiger partial charge in [0.25, 0.3) is 0 Å². The highest BCUT2D eigenvalue weighted by molar-refractivity contribution is 5.98. The molecular formula is C30H34N6O2. The van der Waals surface area contributed by atoms with Gasteiger partial charge in [0.15, 0.2) is 0 Å². The number of hydrogen-bond acceptors (Lipinski definition) is 8. The minimum atomic E-state index is -0.316. The molecule has 2 aromatic heterocycles. The lowest BCUT2D eigenvalue weighted by Gasteiger charge is -2.23. The van der Waals surface area contributed by atoms with Crippen molar-refractivity contribution in [2.45, 2.75) is 57.2 Å². The molecule has 1 aliphatic heterocycles. The van der Waals surface area contributed by atoms with Crippen molar-refractivity contribution in [3.05, 3.63) is 66.5 Å². The number of piperidine rings is 1. The van der Waals surface area contributed by atoms with Crippen LogP contribution in [0.25, 0.3) is 22.0 Å². The molecule has 8 heteroatoms. The van der Waals surface area contributed by atoms with Gasteiger partial charge in [0.1, 0.15) is 5.75 Å². The van der Waals surface area contributed by atoms with Crippen LogP contribution in [0.2, 0.25) is 0 Å². The Morgan fingerprint density at radius 3 is 2.71 bits per heavy atom. The molecule has 0 amide bonds. The van der Waals surface area contributed by atoms with E-state index in [1.54, 1.807) is 12.4 Å². The zero-order chi connectivity index (χ0) is 25.9. The fourth-order valence-corrected chi connectivity index (χ4v) is 5.51. The first-order valence-corrected chi connectivity index (χ1v) is 13.6. The first-order valence-electron chi connectivity index (χ1n) is 13.6. The summed E-state index contributed by atoms with van der Waals surface area (Å²) in [5, 5.41) is 22.9. The highest BCUT2D eigenvalue weighted by atomic mass is 16.5. The normalized spacial score (nSPS) is 21.4. The minimum absolute atomic E-state index is 0.0682. The van der Waals surface area contributed by atoms with E-state index in [1.165, 1.54) is 0 Å². The Labute approximate surface area is 222 Å². The number of benzene rings is 2. The van der Waals surface area contributed by atoms with Gasteiger partial charge >= 0.3 is 0 Å². The molecule has 2 fully saturated rings. The van der Waals surface area contributed by atoms with Crippen molar-refractivity contribution in [3.63, 3.8) is 0 Å². The zero-order valence-corrected chi connectivity index (χ0v) is 21.7. The van der Waals surface area contributed by atoms with Crippen LogP contribution in [-0.4, -0.2) is 51.3 Å². The summed E-state index contributed by atoms with van der Waals surface area (Å²) in [6.45, 7) is 4.01. The topological polar surface area (TPSA) is 104 Å². The van der Waals surface area contributed by atoms with Gasteiger partial charge < -0.3 is 25.8 Å². The largest absolute Gasteiger partial charge is 0.437 e. The molecule has 6 rings (SSSR count). The van der Waals surface area contributed by atoms with E-state index in [0.717, 1.165) is 84.2 Å². The molecule has 4 N–H and O–H groups in total. The molecule has 38 heavy (non-hydrogen) atoms. The van der Waals surface area contributed by atoms with Crippen LogP contribution in [0.4, 0.5) is 11.6 Å². The summed E-state index contributed by atoms with van der Waals surface area (Å²) in [4.78, 5) is 13.8. The summed E-state index contributed by atoms with van der Waals surface area (Å²) in [5.41, 5.74) is 3.58. The van der Waals surface area contributed by atoms with Crippen molar-refractivity contribution in [1.29, 1.82) is 0 Å². The third-order valence-electron chi connectivity index (χ3n) is 7.56. The minimum Gasteiger partial charge on any atom is -0.437 e. The Morgan fingerprint density at radius 2 is 1.87 bits per heavy atom. The van der Waals surface area contributed by atoms with E-state index in [1.807, 2.05) is 31.2 Å². The number of pyridine rings is 1. The van der Waals surface area contributed by atoms with E-state index in [0.29, 0.717) is 17.9 Å². The van der Waals surface area contributed by atoms with Gasteiger partial charge in [0.05, 0.1) is 23.4 Å². The predicted molar refractivity (Wildman–Crippen MR) is 151 cm³/mol. The van der Waals surface area contributed by atoms with Crippen molar-refractivity contribution < 1.29 is 9.84 Å². The number of fused-ring (bicyclic) bond motifs is 1. The lowest BCUT2D eigenvalue weighted by molar-refractivity contribution is 0.172. The van der Waals surface area contributed by atoms with Gasteiger partial charge in [-0.2, -0.15) is 0 Å². The van der Waals surface area contributed by atoms with Crippen molar-refractivity contribution in [2.24, 2.45) is 0 Å². The van der Waals surface area contributed by atoms with Gasteiger partial charge in [-0.1, -0.05) is 24.3 Å². The quantitative estimate of drug-likeness (QED) is 0.266. The van der Waals surface area contributed by atoms with Crippen molar-refractivity contribution in [2.75, 3.05) is 23.7 Å². The van der Waals surface area contributed by atoms with Gasteiger partial charge in [-0.15, -0.1) is 0 Å². The second kappa shape index (κ2) is 10.9. The number of anilines is 2. The van der Waals surface area contributed by atoms with Gasteiger partial charge in [-0.25, -0.2) is 15.0 Å². The van der Waals surface area contributed by atoms with E-state index in [2.05, 4.69) is 50.2 Å². The summed E-state index contributed by atoms with van der Waals surface area (Å²) in [6, 6.07) is 16.5. The standard InChI is InChI=1S/C30H34N6O2/c1-19-12-13-21-22(7-2-9-24(21)35-26-10-3-11-27(26)37)28(19)38-29-23(8-5-16-32-29)25-14-17-33-30(36-25)34-20-6-4-15-31-18-20/h2,5,7-9,12-14,16-17,20,26-27,31,35,37H,3-4,6,10-11,15,18H2,1H3,(H,33,34,36)/t20-,26-,27-/m0/s1. The monoisotopic (exact) mass is 510 g/mol. The SMILES string of the molecule is Cc1ccc2c(N[C@H]3CCC[C@@H]3O)cccc2c1Oc1ncccc1-c1ccnc(N[C@H]2CCCNC2)n1. The second-order valence-corrected chi connectivity index (χ2v) is 10.3. The Morgan fingerprint density at radius 1 is 0.921 bits per heavy atom. The Hall–Kier alpha value is -3.75. The molecule has 196 valence electrons. The summed E-state index contributed by atoms with van der Waals surface area (Å²) in [6.07, 6.45) is 8.28. The van der Waals surface area contributed by atoms with Gasteiger partial charge in [0.2, 0.25) is 11.8 Å². The van der Waals surface area contributed by atoms with Crippen LogP contribution in [0.5, 0.6) is 11.6 Å². The van der Waals surface area contributed by atoms with Crippen LogP contribution in [0.1, 0.15) is 37.7 Å². The number of rotatable bonds is 7. The van der Waals surface area contributed by atoms with E-state index in [-0.39, 0.29) is 12.1 Å². The Bertz CT molecular complexity index is 1420. The second-order valence-electron chi connectivity index (χ2n) is 10.3. The molecule has 2 aromatic carbocycles. The van der Waals surface area contributed by atoms with Crippen LogP contribution in [0.15, 0.2) is 60.9 Å². The highest BCUT2D eigenvalue weighted by Gasteiger charge is 2.25. The van der Waals surface area contributed by atoms with E-state index in [9.17, 15) is 5.11 Å². The van der Waals surface area contributed by atoms with Crippen LogP contribution < -0.4 is 20.7 Å². The van der Waals surface area contributed by atoms with E-state index < -0.39 is 0 Å². The molecule has 1 saturated heterocycles. The molecule has 3 heterocycles. The number of ether oxygens (including phenoxy) is 1. The number of hydrogen-bond donors (Lipinski definition) is 4. The maximum atomic E-state index is 10.4. The van der Waals surface area contributed by atoms with Gasteiger partial charge in [-0.05, 0) is 75.4 Å². The third-order valence-corrected chi connectivity index (χ3v) is 7.56. The number of aryl methyl sites for hydroxylation is 1. The summed E-state index contributed by atoms with van der Waals surface area (Å²) < 4.78 is 6.56. The molecule has 0 radical (unpaired) electrons. The third kappa shape index (κ3) is 5.14. The summed E-state index contributed by atoms with van der Waals surface area (Å²) >= 11 is 0. The average molecular weight is 511 g/mol. The molecule has 0 bridgehead atoms. The molecule has 0 spiro atoms. The van der Waals surface area contributed by atoms with Crippen molar-refractivity contribution in [1.82, 2.24) is 20.3 Å². The summed E-state index contributed by atoms with van der Waals surface area (Å²) in [7, 11) is 0. The maximum absolute atomic E-state index is 10.4. The maximum Gasteiger partial charge on any atom is 0.228 e. The molecule has 8 nitrogen and oxygen atoms in total. The van der Waals surface area contributed by atoms with Crippen molar-refractivity contribution >= 4 is 22.4 Å². The molecule has 3 atom stereocenters. The number of aliphatic hydroxyl groups excluding tert-OH is 1. The Kier molecular flexibility index (Phi) is 7.07. The number of aromatic nitrogens is 3. The molecule has 1 aliphatic carbocycles. The lowest BCUT2D eigenvalue weighted by atomic mass is 10.0. The Balaban J connectivity index is 1.32. The predicted octanol–water partition coefficient (Wildman–Crippen LogP) is 5.28. The first kappa shape index (κ1) is 24.6. The number of nitrogens with one attached hydrogen (secondary N) is 3. The fourth-order valence-electron chi connectivity index (χ4n) is 5.51. The summed E-state index contributed by atoms with van der Waals surface area (Å²) in [5.74, 6) is 1.87. The van der Waals surface area contributed by atoms with Crippen LogP contribution in [0.3, 0.4) is 0 Å². The molecule has 1 saturated carbocycles. The fraction of sp³-hybridized carbons (Fsp3) is 0.367. The van der Waals surface area contributed by atoms with Gasteiger partial charge in [0, 0.05) is 41.4 Å². The lowest BCUT2D eigenvalue weighted by Crippen LogP contribution is -2.38. The van der Waals surface area contributed by atoms with Gasteiger partial charge in [-0.3, -0.25) is 0 Å². The smallest absolute Gasteiger partial charge is 0.228 e. The number of aliphatic hydroxyl groups is 1. The molecular weight excluding hydrogens is 476 g/mol. The first-order chi connectivity index (χ1) is 18.7. The van der Waals surface area contributed by atoms with E-state index >= 15 is 0 Å². The molecule has 0 unspecified atom stereocenters. The zero-order valence-electron chi connectivity index (χ0n) is 21.7. The average Bonchev–Trinajstić information content (AvgIpc) is 3.35. The van der Waals surface area contributed by atoms with E-state index in [4.69, 9.17) is 9.72 Å². The van der Waals surface area contributed by atoms with Crippen molar-refractivity contribution in [3.8, 4) is 22.9 Å². The number of nitrogens with zero attached hydrogens (tertiary/aromatic N) is 3. The van der Waals surface area contributed by atoms with Crippen LogP contribution in [-0.2, 0) is 0 Å². The van der Waals surface area contributed by atoms with Crippen LogP contribution >= 0.6 is 0 Å². The molecule has 2 aliphatic rings. The molecule has 4 aromatic rings.